The summed E-state index contributed by atoms with van der Waals surface area (Å²) >= 11 is 3.74. The lowest BCUT2D eigenvalue weighted by atomic mass is 10.0. The van der Waals surface area contributed by atoms with Crippen molar-refractivity contribution in [3.63, 3.8) is 0 Å². The number of carboxylic acid groups (broad SMARTS) is 1. The zero-order valence-corrected chi connectivity index (χ0v) is 21.9. The number of pyridine rings is 1. The maximum atomic E-state index is 13.0. The predicted molar refractivity (Wildman–Crippen MR) is 136 cm³/mol. The van der Waals surface area contributed by atoms with Gasteiger partial charge in [0, 0.05) is 23.0 Å². The molecular formula is C21H20N7O6S3+. The third kappa shape index (κ3) is 4.74. The van der Waals surface area contributed by atoms with E-state index in [-0.39, 0.29) is 28.0 Å². The highest BCUT2D eigenvalue weighted by molar-refractivity contribution is 8.01. The van der Waals surface area contributed by atoms with E-state index in [0.717, 1.165) is 11.3 Å². The lowest BCUT2D eigenvalue weighted by Crippen LogP contribution is -2.71. The molecule has 5 heterocycles. The van der Waals surface area contributed by atoms with Crippen molar-refractivity contribution in [3.05, 3.63) is 40.8 Å². The van der Waals surface area contributed by atoms with Gasteiger partial charge in [-0.3, -0.25) is 14.5 Å². The van der Waals surface area contributed by atoms with Gasteiger partial charge in [0.15, 0.2) is 34.3 Å². The number of rotatable bonds is 8. The quantitative estimate of drug-likeness (QED) is 0.115. The smallest absolute Gasteiger partial charge is 0.352 e. The normalized spacial score (nSPS) is 19.6. The summed E-state index contributed by atoms with van der Waals surface area (Å²) in [6, 6.07) is 0.867. The molecule has 1 unspecified atom stereocenters. The first-order valence-corrected chi connectivity index (χ1v) is 13.6. The molecule has 1 fully saturated rings. The first-order chi connectivity index (χ1) is 17.8. The molecule has 5 rings (SSSR count). The number of carboxylic acids is 1. The van der Waals surface area contributed by atoms with Crippen molar-refractivity contribution in [3.8, 4) is 0 Å². The van der Waals surface area contributed by atoms with Crippen LogP contribution in [0.4, 0.5) is 5.13 Å². The van der Waals surface area contributed by atoms with Crippen molar-refractivity contribution in [2.24, 2.45) is 12.2 Å². The van der Waals surface area contributed by atoms with Crippen LogP contribution < -0.4 is 15.6 Å². The fraction of sp³-hybridized carbons (Fsp3) is 0.286. The number of nitrogen functional groups attached to an aromatic ring is 1. The lowest BCUT2D eigenvalue weighted by molar-refractivity contribution is -0.670. The molecule has 0 saturated carbocycles. The highest BCUT2D eigenvalue weighted by Crippen LogP contribution is 2.41. The Labute approximate surface area is 221 Å². The zero-order valence-electron chi connectivity index (χ0n) is 19.4. The molecular weight excluding hydrogens is 542 g/mol. The summed E-state index contributed by atoms with van der Waals surface area (Å²) < 4.78 is 7.58. The van der Waals surface area contributed by atoms with Gasteiger partial charge >= 0.3 is 5.97 Å². The summed E-state index contributed by atoms with van der Waals surface area (Å²) in [4.78, 5) is 52.4. The van der Waals surface area contributed by atoms with Crippen LogP contribution in [0, 0.1) is 0 Å². The zero-order chi connectivity index (χ0) is 26.3. The number of nitrogens with zero attached hydrogens (tertiary/aromatic N) is 5. The van der Waals surface area contributed by atoms with Crippen molar-refractivity contribution in [2.45, 2.75) is 16.6 Å². The van der Waals surface area contributed by atoms with E-state index in [0.29, 0.717) is 27.6 Å². The number of nitrogens with one attached hydrogen (secondary N) is 1. The molecule has 13 nitrogen and oxygen atoms in total. The summed E-state index contributed by atoms with van der Waals surface area (Å²) in [7, 11) is 3.15. The van der Waals surface area contributed by atoms with Crippen molar-refractivity contribution in [2.75, 3.05) is 24.3 Å². The second kappa shape index (κ2) is 10.0. The van der Waals surface area contributed by atoms with Crippen LogP contribution in [0.15, 0.2) is 49.9 Å². The molecule has 2 aliphatic rings. The van der Waals surface area contributed by atoms with Gasteiger partial charge < -0.3 is 25.4 Å². The number of hydrogen-bond donors (Lipinski definition) is 3. The molecule has 2 amide bonds. The van der Waals surface area contributed by atoms with Crippen LogP contribution in [0.2, 0.25) is 0 Å². The minimum atomic E-state index is -1.22. The van der Waals surface area contributed by atoms with E-state index in [1.165, 1.54) is 35.5 Å². The van der Waals surface area contributed by atoms with E-state index in [2.05, 4.69) is 20.4 Å². The molecule has 0 radical (unpaired) electrons. The Morgan fingerprint density at radius 1 is 1.46 bits per heavy atom. The highest BCUT2D eigenvalue weighted by atomic mass is 32.2. The number of carbonyl (C=O) groups excluding carboxylic acids is 2. The van der Waals surface area contributed by atoms with Gasteiger partial charge in [-0.1, -0.05) is 16.9 Å². The number of aliphatic carboxylic acids is 1. The number of hydrogen-bond acceptors (Lipinski definition) is 12. The van der Waals surface area contributed by atoms with Crippen LogP contribution in [0.3, 0.4) is 0 Å². The largest absolute Gasteiger partial charge is 0.477 e. The summed E-state index contributed by atoms with van der Waals surface area (Å²) in [5.41, 5.74) is 7.50. The molecule has 16 heteroatoms. The second-order valence-corrected chi connectivity index (χ2v) is 10.9. The maximum absolute atomic E-state index is 13.0. The van der Waals surface area contributed by atoms with Gasteiger partial charge in [-0.05, 0) is 5.57 Å². The number of oxime groups is 1. The minimum absolute atomic E-state index is 0.0904. The Morgan fingerprint density at radius 3 is 2.97 bits per heavy atom. The number of thioether (sulfide) groups is 2. The standard InChI is InChI=1S/C21H19N7O6S3/c1-27-4-3-12-10(5-27)24-21(34-12)37-7-9-6-35-18-14(17(30)28(18)15(9)19(31)32)25-16(29)13(26-33-2)11-8-36-20(22)23-11/h3-5,8,14,18H,6-7H2,1-2H3,(H3-,22,23,25,29,31,32)/p+1/b26-13-/t14?,18-/m0/s1. The Hall–Kier alpha value is -3.63. The Balaban J connectivity index is 1.31. The second-order valence-electron chi connectivity index (χ2n) is 7.94. The van der Waals surface area contributed by atoms with Crippen molar-refractivity contribution in [1.82, 2.24) is 20.2 Å². The van der Waals surface area contributed by atoms with Crippen LogP contribution in [-0.4, -0.2) is 73.5 Å². The number of nitrogens with two attached hydrogens (primary N) is 1. The summed E-state index contributed by atoms with van der Waals surface area (Å²) in [5.74, 6) is -1.81. The molecule has 0 aliphatic carbocycles. The maximum Gasteiger partial charge on any atom is 0.352 e. The molecule has 0 spiro atoms. The van der Waals surface area contributed by atoms with E-state index in [9.17, 15) is 19.5 Å². The third-order valence-corrected chi connectivity index (χ3v) is 8.44. The average Bonchev–Trinajstić information content (AvgIpc) is 3.48. The molecule has 3 aromatic heterocycles. The molecule has 3 aromatic rings. The van der Waals surface area contributed by atoms with E-state index >= 15 is 0 Å². The fourth-order valence-electron chi connectivity index (χ4n) is 3.86. The van der Waals surface area contributed by atoms with Gasteiger partial charge in [0.25, 0.3) is 17.0 Å². The van der Waals surface area contributed by atoms with Gasteiger partial charge in [-0.25, -0.2) is 14.3 Å². The third-order valence-electron chi connectivity index (χ3n) is 5.52. The molecule has 37 heavy (non-hydrogen) atoms. The first kappa shape index (κ1) is 25.0. The van der Waals surface area contributed by atoms with E-state index in [1.807, 2.05) is 24.0 Å². The number of thiazole rings is 1. The number of carbonyl (C=O) groups is 3. The molecule has 0 bridgehead atoms. The van der Waals surface area contributed by atoms with Gasteiger partial charge in [0.2, 0.25) is 0 Å². The van der Waals surface area contributed by atoms with Crippen LogP contribution >= 0.6 is 34.9 Å². The summed E-state index contributed by atoms with van der Waals surface area (Å²) in [5, 5.41) is 17.9. The minimum Gasteiger partial charge on any atom is -0.477 e. The van der Waals surface area contributed by atoms with Crippen molar-refractivity contribution >= 4 is 74.6 Å². The molecule has 2 atom stereocenters. The van der Waals surface area contributed by atoms with Gasteiger partial charge in [-0.2, -0.15) is 4.98 Å². The molecule has 4 N–H and O–H groups in total. The van der Waals surface area contributed by atoms with Crippen molar-refractivity contribution < 1.29 is 33.3 Å². The molecule has 192 valence electrons. The van der Waals surface area contributed by atoms with Crippen molar-refractivity contribution in [1.29, 1.82) is 0 Å². The summed E-state index contributed by atoms with van der Waals surface area (Å²) in [6.07, 6.45) is 3.66. The molecule has 2 aliphatic heterocycles. The molecule has 1 saturated heterocycles. The van der Waals surface area contributed by atoms with Gasteiger partial charge in [-0.15, -0.1) is 23.1 Å². The fourth-order valence-corrected chi connectivity index (χ4v) is 6.73. The lowest BCUT2D eigenvalue weighted by Gasteiger charge is -2.49. The van der Waals surface area contributed by atoms with Crippen LogP contribution in [0.5, 0.6) is 0 Å². The first-order valence-electron chi connectivity index (χ1n) is 10.7. The van der Waals surface area contributed by atoms with E-state index < -0.39 is 29.2 Å². The number of aromatic nitrogens is 3. The van der Waals surface area contributed by atoms with Crippen LogP contribution in [0.25, 0.3) is 11.1 Å². The monoisotopic (exact) mass is 562 g/mol. The van der Waals surface area contributed by atoms with E-state index in [1.54, 1.807) is 11.4 Å². The number of amides is 2. The SMILES string of the molecule is CO/N=C(\C(=O)NC1C(=O)N2C(C(=O)O)=C(CSc3nc4c[n+](C)ccc4o3)CS[C@@H]12)c1csc(N)n1. The van der Waals surface area contributed by atoms with E-state index in [4.69, 9.17) is 15.0 Å². The number of anilines is 1. The number of aryl methyl sites for hydroxylation is 1. The number of fused-ring (bicyclic) bond motifs is 2. The summed E-state index contributed by atoms with van der Waals surface area (Å²) in [6.45, 7) is 0. The topological polar surface area (TPSA) is 177 Å². The van der Waals surface area contributed by atoms with Crippen LogP contribution in [0.1, 0.15) is 5.69 Å². The highest BCUT2D eigenvalue weighted by Gasteiger charge is 2.54. The van der Waals surface area contributed by atoms with Crippen LogP contribution in [-0.2, 0) is 26.3 Å². The Bertz CT molecular complexity index is 1480. The predicted octanol–water partition coefficient (Wildman–Crippen LogP) is 0.572. The number of β-lactam (4-membered cyclic amide) rings is 1. The Morgan fingerprint density at radius 2 is 2.27 bits per heavy atom. The van der Waals surface area contributed by atoms with Gasteiger partial charge in [0.1, 0.15) is 37.0 Å². The average molecular weight is 563 g/mol. The molecule has 0 aromatic carbocycles. The number of oxazole rings is 1. The Kier molecular flexibility index (Phi) is 6.78. The van der Waals surface area contributed by atoms with Gasteiger partial charge in [0.05, 0.1) is 0 Å².